The molecule has 0 saturated carbocycles. The number of methoxy groups -OCH3 is 1. The highest BCUT2D eigenvalue weighted by Gasteiger charge is 2.14. The van der Waals surface area contributed by atoms with Gasteiger partial charge in [-0.2, -0.15) is 4.99 Å². The van der Waals surface area contributed by atoms with Crippen LogP contribution in [0.3, 0.4) is 0 Å². The summed E-state index contributed by atoms with van der Waals surface area (Å²) in [6.07, 6.45) is 0. The molecule has 1 heterocycles. The third kappa shape index (κ3) is 3.68. The quantitative estimate of drug-likeness (QED) is 0.654. The van der Waals surface area contributed by atoms with Gasteiger partial charge in [0, 0.05) is 12.1 Å². The second-order valence-electron chi connectivity index (χ2n) is 5.78. The summed E-state index contributed by atoms with van der Waals surface area (Å²) >= 11 is 1.41. The van der Waals surface area contributed by atoms with E-state index in [9.17, 15) is 13.2 Å². The molecular weight excluding hydrogens is 384 g/mol. The van der Waals surface area contributed by atoms with Crippen molar-refractivity contribution in [2.75, 3.05) is 12.9 Å². The minimum absolute atomic E-state index is 0.0186. The summed E-state index contributed by atoms with van der Waals surface area (Å²) in [5, 5.41) is 0. The molecule has 0 aliphatic rings. The van der Waals surface area contributed by atoms with E-state index in [1.54, 1.807) is 14.0 Å². The Hall–Kier alpha value is -2.45. The molecule has 3 aromatic rings. The van der Waals surface area contributed by atoms with Crippen LogP contribution in [0.15, 0.2) is 52.4 Å². The fourth-order valence-electron chi connectivity index (χ4n) is 2.76. The third-order valence-electron chi connectivity index (χ3n) is 4.24. The summed E-state index contributed by atoms with van der Waals surface area (Å²) in [6, 6.07) is 11.6. The third-order valence-corrected chi connectivity index (χ3v) is 7.03. The van der Waals surface area contributed by atoms with Gasteiger partial charge >= 0.3 is 0 Å². The molecule has 2 aromatic carbocycles. The molecule has 27 heavy (non-hydrogen) atoms. The van der Waals surface area contributed by atoms with Crippen molar-refractivity contribution in [2.45, 2.75) is 25.3 Å². The number of aromatic nitrogens is 1. The van der Waals surface area contributed by atoms with Crippen molar-refractivity contribution in [1.82, 2.24) is 4.57 Å². The van der Waals surface area contributed by atoms with E-state index >= 15 is 0 Å². The van der Waals surface area contributed by atoms with Gasteiger partial charge in [0.2, 0.25) is 0 Å². The first kappa shape index (κ1) is 19.3. The first-order chi connectivity index (χ1) is 12.9. The summed E-state index contributed by atoms with van der Waals surface area (Å²) in [6.45, 7) is 4.20. The Bertz CT molecular complexity index is 1160. The normalized spacial score (nSPS) is 12.5. The van der Waals surface area contributed by atoms with Crippen molar-refractivity contribution in [3.63, 3.8) is 0 Å². The average Bonchev–Trinajstić information content (AvgIpc) is 3.05. The number of sulfone groups is 1. The van der Waals surface area contributed by atoms with Gasteiger partial charge in [0.25, 0.3) is 5.91 Å². The lowest BCUT2D eigenvalue weighted by molar-refractivity contribution is 0.0997. The Morgan fingerprint density at radius 1 is 1.15 bits per heavy atom. The molecule has 1 aromatic heterocycles. The highest BCUT2D eigenvalue weighted by Crippen LogP contribution is 2.27. The molecule has 0 saturated heterocycles. The second-order valence-corrected chi connectivity index (χ2v) is 9.07. The van der Waals surface area contributed by atoms with Gasteiger partial charge in [-0.15, -0.1) is 0 Å². The van der Waals surface area contributed by atoms with Gasteiger partial charge in [0.15, 0.2) is 14.6 Å². The number of rotatable bonds is 5. The van der Waals surface area contributed by atoms with Crippen LogP contribution in [0.5, 0.6) is 5.75 Å². The average molecular weight is 405 g/mol. The molecule has 6 nitrogen and oxygen atoms in total. The number of ether oxygens (including phenoxy) is 1. The maximum absolute atomic E-state index is 12.6. The maximum atomic E-state index is 12.6. The van der Waals surface area contributed by atoms with Crippen LogP contribution < -0.4 is 9.54 Å². The van der Waals surface area contributed by atoms with E-state index in [0.717, 1.165) is 16.0 Å². The number of nitrogens with zero attached hydrogens (tertiary/aromatic N) is 2. The Balaban J connectivity index is 2.05. The number of thiazole rings is 1. The van der Waals surface area contributed by atoms with Crippen molar-refractivity contribution in [1.29, 1.82) is 0 Å². The van der Waals surface area contributed by atoms with E-state index in [4.69, 9.17) is 4.74 Å². The molecule has 0 unspecified atom stereocenters. The van der Waals surface area contributed by atoms with Crippen molar-refractivity contribution >= 4 is 37.3 Å². The van der Waals surface area contributed by atoms with Crippen LogP contribution in [0.2, 0.25) is 0 Å². The Morgan fingerprint density at radius 2 is 1.85 bits per heavy atom. The lowest BCUT2D eigenvalue weighted by atomic mass is 10.2. The van der Waals surface area contributed by atoms with Crippen LogP contribution in [0.4, 0.5) is 0 Å². The lowest BCUT2D eigenvalue weighted by Gasteiger charge is -2.05. The van der Waals surface area contributed by atoms with Crippen molar-refractivity contribution in [3.05, 3.63) is 52.8 Å². The number of fused-ring (bicyclic) bond motifs is 1. The molecular formula is C19H20N2O4S2. The molecule has 0 spiro atoms. The van der Waals surface area contributed by atoms with Crippen molar-refractivity contribution in [3.8, 4) is 5.75 Å². The number of benzene rings is 2. The maximum Gasteiger partial charge on any atom is 0.279 e. The molecule has 0 aliphatic carbocycles. The van der Waals surface area contributed by atoms with Crippen LogP contribution in [0, 0.1) is 0 Å². The highest BCUT2D eigenvalue weighted by atomic mass is 32.2. The zero-order valence-electron chi connectivity index (χ0n) is 15.3. The van der Waals surface area contributed by atoms with Gasteiger partial charge in [-0.05, 0) is 43.3 Å². The predicted octanol–water partition coefficient (Wildman–Crippen LogP) is 3.27. The summed E-state index contributed by atoms with van der Waals surface area (Å²) in [5.41, 5.74) is 1.25. The van der Waals surface area contributed by atoms with Gasteiger partial charge in [-0.3, -0.25) is 4.79 Å². The van der Waals surface area contributed by atoms with Gasteiger partial charge in [-0.25, -0.2) is 8.42 Å². The summed E-state index contributed by atoms with van der Waals surface area (Å²) in [7, 11) is -1.68. The van der Waals surface area contributed by atoms with E-state index in [-0.39, 0.29) is 10.6 Å². The van der Waals surface area contributed by atoms with Gasteiger partial charge < -0.3 is 9.30 Å². The van der Waals surface area contributed by atoms with E-state index in [1.807, 2.05) is 29.7 Å². The molecule has 0 aliphatic heterocycles. The Morgan fingerprint density at radius 3 is 2.44 bits per heavy atom. The first-order valence-corrected chi connectivity index (χ1v) is 11.0. The van der Waals surface area contributed by atoms with E-state index < -0.39 is 15.7 Å². The number of para-hydroxylation sites is 1. The van der Waals surface area contributed by atoms with Crippen LogP contribution in [0.25, 0.3) is 10.2 Å². The standard InChI is InChI=1S/C19H20N2O4S2/c1-4-21-17-15(25-3)7-6-8-16(17)26-19(21)20-18(22)13-9-11-14(12-10-13)27(23,24)5-2/h6-12H,4-5H2,1-3H3. The van der Waals surface area contributed by atoms with E-state index in [1.165, 1.54) is 35.6 Å². The molecule has 0 radical (unpaired) electrons. The highest BCUT2D eigenvalue weighted by molar-refractivity contribution is 7.91. The summed E-state index contributed by atoms with van der Waals surface area (Å²) < 4.78 is 32.1. The van der Waals surface area contributed by atoms with Gasteiger partial charge in [0.1, 0.15) is 11.3 Å². The lowest BCUT2D eigenvalue weighted by Crippen LogP contribution is -2.16. The molecule has 8 heteroatoms. The Labute approximate surface area is 161 Å². The molecule has 142 valence electrons. The number of carbonyl (C=O) groups is 1. The fourth-order valence-corrected chi connectivity index (χ4v) is 4.76. The van der Waals surface area contributed by atoms with E-state index in [0.29, 0.717) is 16.9 Å². The Kier molecular flexibility index (Phi) is 5.48. The number of aryl methyl sites for hydroxylation is 1. The first-order valence-electron chi connectivity index (χ1n) is 8.49. The number of hydrogen-bond donors (Lipinski definition) is 0. The molecule has 0 fully saturated rings. The van der Waals surface area contributed by atoms with Crippen LogP contribution in [-0.4, -0.2) is 31.8 Å². The van der Waals surface area contributed by atoms with Crippen LogP contribution in [-0.2, 0) is 16.4 Å². The molecule has 1 amide bonds. The zero-order chi connectivity index (χ0) is 19.6. The number of carbonyl (C=O) groups excluding carboxylic acids is 1. The SMILES string of the molecule is CCn1c(=NC(=O)c2ccc(S(=O)(=O)CC)cc2)sc2cccc(OC)c21. The van der Waals surface area contributed by atoms with Crippen molar-refractivity contribution < 1.29 is 17.9 Å². The topological polar surface area (TPSA) is 77.7 Å². The zero-order valence-corrected chi connectivity index (χ0v) is 16.9. The van der Waals surface area contributed by atoms with Crippen LogP contribution in [0.1, 0.15) is 24.2 Å². The minimum atomic E-state index is -3.29. The fraction of sp³-hybridized carbons (Fsp3) is 0.263. The van der Waals surface area contributed by atoms with Gasteiger partial charge in [-0.1, -0.05) is 24.3 Å². The predicted molar refractivity (Wildman–Crippen MR) is 106 cm³/mol. The minimum Gasteiger partial charge on any atom is -0.495 e. The van der Waals surface area contributed by atoms with Gasteiger partial charge in [0.05, 0.1) is 22.5 Å². The molecule has 3 rings (SSSR count). The number of hydrogen-bond acceptors (Lipinski definition) is 5. The van der Waals surface area contributed by atoms with Crippen molar-refractivity contribution in [2.24, 2.45) is 4.99 Å². The van der Waals surface area contributed by atoms with E-state index in [2.05, 4.69) is 4.99 Å². The molecule has 0 N–H and O–H groups in total. The second kappa shape index (κ2) is 7.66. The largest absolute Gasteiger partial charge is 0.495 e. The summed E-state index contributed by atoms with van der Waals surface area (Å²) in [5.74, 6) is 0.335. The summed E-state index contributed by atoms with van der Waals surface area (Å²) in [4.78, 5) is 17.6. The number of amides is 1. The molecule has 0 bridgehead atoms. The smallest absolute Gasteiger partial charge is 0.279 e. The monoisotopic (exact) mass is 404 g/mol. The molecule has 0 atom stereocenters. The van der Waals surface area contributed by atoms with Crippen LogP contribution >= 0.6 is 11.3 Å².